The molecule has 0 amide bonds. The lowest BCUT2D eigenvalue weighted by molar-refractivity contribution is 0.229. The van der Waals surface area contributed by atoms with Crippen molar-refractivity contribution in [3.63, 3.8) is 0 Å². The van der Waals surface area contributed by atoms with Crippen molar-refractivity contribution in [2.75, 3.05) is 13.2 Å². The smallest absolute Gasteiger partial charge is 0.123 e. The third kappa shape index (κ3) is 4.36. The van der Waals surface area contributed by atoms with Gasteiger partial charge in [-0.15, -0.1) is 0 Å². The number of benzene rings is 1. The summed E-state index contributed by atoms with van der Waals surface area (Å²) >= 11 is 0. The molecule has 0 aliphatic rings. The average Bonchev–Trinajstić information content (AvgIpc) is 2.28. The van der Waals surface area contributed by atoms with Crippen LogP contribution in [0.1, 0.15) is 37.3 Å². The number of nitrogens with two attached hydrogens (primary N) is 1. The molecule has 1 aromatic rings. The Bertz CT molecular complexity index is 350. The maximum atomic E-state index is 8.84. The van der Waals surface area contributed by atoms with E-state index in [1.165, 1.54) is 11.1 Å². The Balaban J connectivity index is 2.65. The predicted octanol–water partition coefficient (Wildman–Crippen LogP) is 2.21. The van der Waals surface area contributed by atoms with E-state index in [0.29, 0.717) is 18.9 Å². The number of ether oxygens (including phenoxy) is 1. The van der Waals surface area contributed by atoms with Crippen LogP contribution in [-0.2, 0) is 0 Å². The zero-order valence-electron chi connectivity index (χ0n) is 10.9. The fourth-order valence-corrected chi connectivity index (χ4v) is 1.66. The first-order valence-corrected chi connectivity index (χ1v) is 6.14. The van der Waals surface area contributed by atoms with Gasteiger partial charge in [-0.25, -0.2) is 0 Å². The summed E-state index contributed by atoms with van der Waals surface area (Å²) in [6.07, 6.45) is 0.669. The lowest BCUT2D eigenvalue weighted by Gasteiger charge is -2.16. The van der Waals surface area contributed by atoms with Crippen LogP contribution in [0.3, 0.4) is 0 Å². The van der Waals surface area contributed by atoms with Gasteiger partial charge in [0.05, 0.1) is 13.2 Å². The van der Waals surface area contributed by atoms with E-state index in [9.17, 15) is 0 Å². The molecule has 1 unspecified atom stereocenters. The van der Waals surface area contributed by atoms with Crippen molar-refractivity contribution < 1.29 is 9.84 Å². The van der Waals surface area contributed by atoms with Crippen molar-refractivity contribution >= 4 is 0 Å². The summed E-state index contributed by atoms with van der Waals surface area (Å²) in [5.41, 5.74) is 8.04. The van der Waals surface area contributed by atoms with Crippen molar-refractivity contribution in [2.45, 2.75) is 39.2 Å². The van der Waals surface area contributed by atoms with Crippen LogP contribution < -0.4 is 10.5 Å². The fraction of sp³-hybridized carbons (Fsp3) is 0.571. The highest BCUT2D eigenvalue weighted by Crippen LogP contribution is 2.27. The van der Waals surface area contributed by atoms with Crippen LogP contribution in [0.2, 0.25) is 0 Å². The highest BCUT2D eigenvalue weighted by atomic mass is 16.5. The number of rotatable bonds is 6. The van der Waals surface area contributed by atoms with Crippen LogP contribution in [0.15, 0.2) is 18.2 Å². The molecule has 1 atom stereocenters. The quantitative estimate of drug-likeness (QED) is 0.797. The van der Waals surface area contributed by atoms with Crippen molar-refractivity contribution in [3.05, 3.63) is 29.3 Å². The Morgan fingerprint density at radius 3 is 2.65 bits per heavy atom. The largest absolute Gasteiger partial charge is 0.493 e. The minimum atomic E-state index is -0.192. The zero-order chi connectivity index (χ0) is 12.8. The molecule has 1 rings (SSSR count). The first kappa shape index (κ1) is 14.0. The van der Waals surface area contributed by atoms with Gasteiger partial charge < -0.3 is 15.6 Å². The highest BCUT2D eigenvalue weighted by molar-refractivity contribution is 5.39. The van der Waals surface area contributed by atoms with Crippen LogP contribution in [0.4, 0.5) is 0 Å². The summed E-state index contributed by atoms with van der Waals surface area (Å²) in [4.78, 5) is 0. The van der Waals surface area contributed by atoms with Gasteiger partial charge in [0.15, 0.2) is 0 Å². The monoisotopic (exact) mass is 237 g/mol. The van der Waals surface area contributed by atoms with E-state index in [0.717, 1.165) is 5.75 Å². The molecule has 0 aliphatic heterocycles. The van der Waals surface area contributed by atoms with E-state index in [-0.39, 0.29) is 12.6 Å². The van der Waals surface area contributed by atoms with E-state index >= 15 is 0 Å². The van der Waals surface area contributed by atoms with Gasteiger partial charge in [-0.2, -0.15) is 0 Å². The lowest BCUT2D eigenvalue weighted by atomic mass is 10.0. The zero-order valence-corrected chi connectivity index (χ0v) is 10.9. The van der Waals surface area contributed by atoms with Crippen molar-refractivity contribution in [3.8, 4) is 5.75 Å². The summed E-state index contributed by atoms with van der Waals surface area (Å²) in [6, 6.07) is 6.07. The van der Waals surface area contributed by atoms with E-state index in [4.69, 9.17) is 15.6 Å². The molecule has 96 valence electrons. The van der Waals surface area contributed by atoms with Crippen LogP contribution >= 0.6 is 0 Å². The van der Waals surface area contributed by atoms with E-state index in [1.807, 2.05) is 0 Å². The normalized spacial score (nSPS) is 12.8. The fourth-order valence-electron chi connectivity index (χ4n) is 1.66. The van der Waals surface area contributed by atoms with E-state index < -0.39 is 0 Å². The Morgan fingerprint density at radius 2 is 2.06 bits per heavy atom. The van der Waals surface area contributed by atoms with Gasteiger partial charge in [-0.1, -0.05) is 26.0 Å². The molecular weight excluding hydrogens is 214 g/mol. The van der Waals surface area contributed by atoms with Gasteiger partial charge in [0.25, 0.3) is 0 Å². The summed E-state index contributed by atoms with van der Waals surface area (Å²) in [5.74, 6) is 1.38. The van der Waals surface area contributed by atoms with E-state index in [2.05, 4.69) is 39.0 Å². The minimum Gasteiger partial charge on any atom is -0.493 e. The van der Waals surface area contributed by atoms with Crippen LogP contribution in [-0.4, -0.2) is 24.4 Å². The maximum Gasteiger partial charge on any atom is 0.123 e. The van der Waals surface area contributed by atoms with Gasteiger partial charge in [0, 0.05) is 6.04 Å². The first-order valence-electron chi connectivity index (χ1n) is 6.14. The molecule has 0 heterocycles. The summed E-state index contributed by atoms with van der Waals surface area (Å²) in [6.45, 7) is 6.91. The molecular formula is C14H23NO2. The molecule has 1 aromatic carbocycles. The predicted molar refractivity (Wildman–Crippen MR) is 70.4 cm³/mol. The SMILES string of the molecule is Cc1ccc(C(C)C)c(OCCC(N)CO)c1. The Labute approximate surface area is 104 Å². The van der Waals surface area contributed by atoms with Gasteiger partial charge in [0.1, 0.15) is 5.75 Å². The number of hydrogen-bond donors (Lipinski definition) is 2. The molecule has 3 N–H and O–H groups in total. The molecule has 0 bridgehead atoms. The Morgan fingerprint density at radius 1 is 1.35 bits per heavy atom. The molecule has 3 heteroatoms. The van der Waals surface area contributed by atoms with Crippen molar-refractivity contribution in [2.24, 2.45) is 5.73 Å². The second kappa shape index (κ2) is 6.62. The molecule has 0 spiro atoms. The summed E-state index contributed by atoms with van der Waals surface area (Å²) < 4.78 is 5.76. The standard InChI is InChI=1S/C14H23NO2/c1-10(2)13-5-4-11(3)8-14(13)17-7-6-12(15)9-16/h4-5,8,10,12,16H,6-7,9,15H2,1-3H3. The summed E-state index contributed by atoms with van der Waals surface area (Å²) in [7, 11) is 0. The molecule has 0 saturated carbocycles. The molecule has 0 saturated heterocycles. The Kier molecular flexibility index (Phi) is 5.45. The summed E-state index contributed by atoms with van der Waals surface area (Å²) in [5, 5.41) is 8.84. The third-order valence-electron chi connectivity index (χ3n) is 2.77. The first-order chi connectivity index (χ1) is 8.04. The highest BCUT2D eigenvalue weighted by Gasteiger charge is 2.08. The molecule has 0 fully saturated rings. The second-order valence-corrected chi connectivity index (χ2v) is 4.78. The second-order valence-electron chi connectivity index (χ2n) is 4.78. The van der Waals surface area contributed by atoms with Gasteiger partial charge in [0.2, 0.25) is 0 Å². The topological polar surface area (TPSA) is 55.5 Å². The van der Waals surface area contributed by atoms with Gasteiger partial charge >= 0.3 is 0 Å². The number of hydrogen-bond acceptors (Lipinski definition) is 3. The van der Waals surface area contributed by atoms with Gasteiger partial charge in [-0.05, 0) is 36.5 Å². The molecule has 3 nitrogen and oxygen atoms in total. The molecule has 0 aliphatic carbocycles. The number of aliphatic hydroxyl groups is 1. The van der Waals surface area contributed by atoms with Crippen molar-refractivity contribution in [1.29, 1.82) is 0 Å². The van der Waals surface area contributed by atoms with Crippen LogP contribution in [0.5, 0.6) is 5.75 Å². The van der Waals surface area contributed by atoms with Crippen LogP contribution in [0.25, 0.3) is 0 Å². The third-order valence-corrected chi connectivity index (χ3v) is 2.77. The average molecular weight is 237 g/mol. The maximum absolute atomic E-state index is 8.84. The lowest BCUT2D eigenvalue weighted by Crippen LogP contribution is -2.26. The van der Waals surface area contributed by atoms with Gasteiger partial charge in [-0.3, -0.25) is 0 Å². The minimum absolute atomic E-state index is 0.00815. The van der Waals surface area contributed by atoms with E-state index in [1.54, 1.807) is 0 Å². The molecule has 17 heavy (non-hydrogen) atoms. The van der Waals surface area contributed by atoms with Crippen molar-refractivity contribution in [1.82, 2.24) is 0 Å². The Hall–Kier alpha value is -1.06. The molecule has 0 radical (unpaired) electrons. The number of aryl methyl sites for hydroxylation is 1. The van der Waals surface area contributed by atoms with Crippen LogP contribution in [0, 0.1) is 6.92 Å². The molecule has 0 aromatic heterocycles. The number of aliphatic hydroxyl groups excluding tert-OH is 1.